The molecule has 2 rings (SSSR count). The summed E-state index contributed by atoms with van der Waals surface area (Å²) in [7, 11) is 2.18. The van der Waals surface area contributed by atoms with Gasteiger partial charge in [-0.3, -0.25) is 4.90 Å². The van der Waals surface area contributed by atoms with Gasteiger partial charge in [0.05, 0.1) is 11.2 Å². The number of nitrogens with two attached hydrogens (primary N) is 1. The van der Waals surface area contributed by atoms with Crippen LogP contribution in [0.15, 0.2) is 17.5 Å². The lowest BCUT2D eigenvalue weighted by Crippen LogP contribution is -2.47. The van der Waals surface area contributed by atoms with E-state index in [1.165, 1.54) is 4.88 Å². The van der Waals surface area contributed by atoms with Gasteiger partial charge in [0.25, 0.3) is 0 Å². The molecule has 114 valence electrons. The Kier molecular flexibility index (Phi) is 4.32. The molecule has 0 bridgehead atoms. The van der Waals surface area contributed by atoms with Crippen molar-refractivity contribution in [3.8, 4) is 0 Å². The maximum atomic E-state index is 6.45. The molecule has 4 heteroatoms. The van der Waals surface area contributed by atoms with Crippen molar-refractivity contribution in [3.05, 3.63) is 22.4 Å². The zero-order valence-electron chi connectivity index (χ0n) is 13.5. The molecule has 1 aromatic rings. The van der Waals surface area contributed by atoms with Gasteiger partial charge in [-0.1, -0.05) is 6.07 Å². The Morgan fingerprint density at radius 3 is 2.45 bits per heavy atom. The third kappa shape index (κ3) is 2.93. The van der Waals surface area contributed by atoms with E-state index in [9.17, 15) is 0 Å². The van der Waals surface area contributed by atoms with Crippen LogP contribution in [0.1, 0.15) is 45.5 Å². The first kappa shape index (κ1) is 16.0. The molecule has 3 unspecified atom stereocenters. The van der Waals surface area contributed by atoms with Crippen LogP contribution >= 0.6 is 11.3 Å². The van der Waals surface area contributed by atoms with Crippen molar-refractivity contribution in [1.29, 1.82) is 0 Å². The van der Waals surface area contributed by atoms with Crippen LogP contribution in [0.2, 0.25) is 0 Å². The zero-order valence-corrected chi connectivity index (χ0v) is 14.3. The lowest BCUT2D eigenvalue weighted by molar-refractivity contribution is -0.0786. The number of ether oxygens (including phenoxy) is 1. The van der Waals surface area contributed by atoms with Crippen LogP contribution in [0.3, 0.4) is 0 Å². The summed E-state index contributed by atoms with van der Waals surface area (Å²) in [6.45, 7) is 11.7. The highest BCUT2D eigenvalue weighted by Crippen LogP contribution is 2.42. The van der Waals surface area contributed by atoms with E-state index in [4.69, 9.17) is 10.5 Å². The number of hydrogen-bond acceptors (Lipinski definition) is 4. The van der Waals surface area contributed by atoms with Crippen molar-refractivity contribution >= 4 is 11.3 Å². The quantitative estimate of drug-likeness (QED) is 0.927. The van der Waals surface area contributed by atoms with Gasteiger partial charge in [0, 0.05) is 29.4 Å². The molecule has 0 radical (unpaired) electrons. The first-order valence-corrected chi connectivity index (χ1v) is 8.22. The van der Waals surface area contributed by atoms with Crippen LogP contribution < -0.4 is 5.73 Å². The highest BCUT2D eigenvalue weighted by atomic mass is 32.1. The molecule has 1 aliphatic heterocycles. The monoisotopic (exact) mass is 296 g/mol. The first-order chi connectivity index (χ1) is 9.15. The fourth-order valence-electron chi connectivity index (χ4n) is 3.29. The largest absolute Gasteiger partial charge is 0.368 e. The van der Waals surface area contributed by atoms with Gasteiger partial charge in [-0.2, -0.15) is 0 Å². The molecule has 1 aromatic heterocycles. The predicted molar refractivity (Wildman–Crippen MR) is 86.1 cm³/mol. The molecule has 1 aliphatic rings. The molecule has 1 saturated heterocycles. The molecule has 0 saturated carbocycles. The molecule has 3 nitrogen and oxygen atoms in total. The minimum Gasteiger partial charge on any atom is -0.368 e. The Balaban J connectivity index is 2.09. The van der Waals surface area contributed by atoms with E-state index in [1.54, 1.807) is 0 Å². The SMILES string of the molecule is CC(c1cccs1)N(C)CC1C(N)C(C)(C)OC1(C)C. The van der Waals surface area contributed by atoms with Crippen LogP contribution in [-0.4, -0.2) is 35.7 Å². The standard InChI is InChI=1S/C16H28N2OS/c1-11(13-8-7-9-20-13)18(6)10-12-14(17)16(4,5)19-15(12,2)3/h7-9,11-12,14H,10,17H2,1-6H3. The summed E-state index contributed by atoms with van der Waals surface area (Å²) in [5.74, 6) is 0.338. The van der Waals surface area contributed by atoms with Gasteiger partial charge < -0.3 is 10.5 Å². The Bertz CT molecular complexity index is 441. The maximum absolute atomic E-state index is 6.45. The Hall–Kier alpha value is -0.420. The maximum Gasteiger partial charge on any atom is 0.0788 e. The number of hydrogen-bond donors (Lipinski definition) is 1. The van der Waals surface area contributed by atoms with Crippen molar-refractivity contribution in [2.24, 2.45) is 11.7 Å². The molecular formula is C16H28N2OS. The summed E-state index contributed by atoms with van der Waals surface area (Å²) < 4.78 is 6.18. The predicted octanol–water partition coefficient (Wildman–Crippen LogP) is 3.27. The molecule has 3 atom stereocenters. The minimum atomic E-state index is -0.249. The van der Waals surface area contributed by atoms with Crippen LogP contribution in [0.4, 0.5) is 0 Å². The second-order valence-electron chi connectivity index (χ2n) is 7.07. The summed E-state index contributed by atoms with van der Waals surface area (Å²) in [6, 6.07) is 4.80. The third-order valence-electron chi connectivity index (χ3n) is 4.76. The second kappa shape index (κ2) is 5.41. The number of rotatable bonds is 4. The summed E-state index contributed by atoms with van der Waals surface area (Å²) in [5, 5.41) is 2.14. The van der Waals surface area contributed by atoms with E-state index in [0.29, 0.717) is 12.0 Å². The van der Waals surface area contributed by atoms with Crippen LogP contribution in [0, 0.1) is 5.92 Å². The second-order valence-corrected chi connectivity index (χ2v) is 8.05. The van der Waals surface area contributed by atoms with Crippen LogP contribution in [0.5, 0.6) is 0 Å². The Morgan fingerprint density at radius 1 is 1.35 bits per heavy atom. The van der Waals surface area contributed by atoms with Crippen molar-refractivity contribution in [2.45, 2.75) is 57.9 Å². The highest BCUT2D eigenvalue weighted by Gasteiger charge is 2.52. The van der Waals surface area contributed by atoms with Gasteiger partial charge in [-0.05, 0) is 53.1 Å². The fourth-order valence-corrected chi connectivity index (χ4v) is 4.13. The van der Waals surface area contributed by atoms with Gasteiger partial charge in [-0.15, -0.1) is 11.3 Å². The van der Waals surface area contributed by atoms with E-state index >= 15 is 0 Å². The van der Waals surface area contributed by atoms with E-state index in [2.05, 4.69) is 64.1 Å². The van der Waals surface area contributed by atoms with Crippen LogP contribution in [-0.2, 0) is 4.74 Å². The molecule has 2 heterocycles. The van der Waals surface area contributed by atoms with E-state index in [0.717, 1.165) is 6.54 Å². The highest BCUT2D eigenvalue weighted by molar-refractivity contribution is 7.10. The smallest absolute Gasteiger partial charge is 0.0788 e. The van der Waals surface area contributed by atoms with Crippen molar-refractivity contribution < 1.29 is 4.74 Å². The Morgan fingerprint density at radius 2 is 2.00 bits per heavy atom. The summed E-state index contributed by atoms with van der Waals surface area (Å²) in [4.78, 5) is 3.79. The zero-order chi connectivity index (χ0) is 15.1. The van der Waals surface area contributed by atoms with Gasteiger partial charge in [0.15, 0.2) is 0 Å². The van der Waals surface area contributed by atoms with E-state index < -0.39 is 0 Å². The number of nitrogens with zero attached hydrogens (tertiary/aromatic N) is 1. The van der Waals surface area contributed by atoms with E-state index in [-0.39, 0.29) is 17.2 Å². The van der Waals surface area contributed by atoms with E-state index in [1.807, 2.05) is 11.3 Å². The molecular weight excluding hydrogens is 268 g/mol. The average Bonchev–Trinajstić information content (AvgIpc) is 2.89. The summed E-state index contributed by atoms with van der Waals surface area (Å²) in [6.07, 6.45) is 0. The molecule has 0 amide bonds. The lowest BCUT2D eigenvalue weighted by atomic mass is 9.82. The summed E-state index contributed by atoms with van der Waals surface area (Å²) >= 11 is 1.81. The lowest BCUT2D eigenvalue weighted by Gasteiger charge is -2.33. The van der Waals surface area contributed by atoms with Crippen molar-refractivity contribution in [3.63, 3.8) is 0 Å². The summed E-state index contributed by atoms with van der Waals surface area (Å²) in [5.41, 5.74) is 6.03. The van der Waals surface area contributed by atoms with Crippen LogP contribution in [0.25, 0.3) is 0 Å². The molecule has 0 aliphatic carbocycles. The van der Waals surface area contributed by atoms with Gasteiger partial charge in [0.2, 0.25) is 0 Å². The molecule has 0 spiro atoms. The minimum absolute atomic E-state index is 0.0653. The molecule has 2 N–H and O–H groups in total. The van der Waals surface area contributed by atoms with Gasteiger partial charge in [0.1, 0.15) is 0 Å². The Labute approximate surface area is 127 Å². The van der Waals surface area contributed by atoms with Gasteiger partial charge >= 0.3 is 0 Å². The van der Waals surface area contributed by atoms with Crippen molar-refractivity contribution in [1.82, 2.24) is 4.90 Å². The van der Waals surface area contributed by atoms with Gasteiger partial charge in [-0.25, -0.2) is 0 Å². The fraction of sp³-hybridized carbons (Fsp3) is 0.750. The number of thiophene rings is 1. The molecule has 20 heavy (non-hydrogen) atoms. The third-order valence-corrected chi connectivity index (χ3v) is 5.80. The first-order valence-electron chi connectivity index (χ1n) is 7.34. The average molecular weight is 296 g/mol. The normalized spacial score (nSPS) is 29.8. The molecule has 0 aromatic carbocycles. The molecule has 1 fully saturated rings. The van der Waals surface area contributed by atoms with Crippen molar-refractivity contribution in [2.75, 3.05) is 13.6 Å². The topological polar surface area (TPSA) is 38.5 Å².